The van der Waals surface area contributed by atoms with Gasteiger partial charge in [0, 0.05) is 38.4 Å². The molecule has 0 bridgehead atoms. The molecule has 0 saturated carbocycles. The Morgan fingerprint density at radius 2 is 1.07 bits per heavy atom. The molecule has 2 saturated heterocycles. The van der Waals surface area contributed by atoms with E-state index >= 15 is 0 Å². The van der Waals surface area contributed by atoms with Crippen LogP contribution in [0.15, 0.2) is 60.9 Å². The van der Waals surface area contributed by atoms with Gasteiger partial charge in [-0.15, -0.1) is 0 Å². The van der Waals surface area contributed by atoms with Gasteiger partial charge in [-0.2, -0.15) is 0 Å². The number of aromatic nitrogens is 4. The first kappa shape index (κ1) is 39.5. The first-order valence-corrected chi connectivity index (χ1v) is 18.3. The van der Waals surface area contributed by atoms with Crippen molar-refractivity contribution < 1.29 is 38.1 Å². The Kier molecular flexibility index (Phi) is 13.0. The Morgan fingerprint density at radius 3 is 1.43 bits per heavy atom. The normalized spacial score (nSPS) is 17.4. The maximum atomic E-state index is 13.4. The summed E-state index contributed by atoms with van der Waals surface area (Å²) in [7, 11) is 5.44. The number of benzene rings is 2. The van der Waals surface area contributed by atoms with Crippen LogP contribution in [0.4, 0.5) is 9.59 Å². The predicted molar refractivity (Wildman–Crippen MR) is 204 cm³/mol. The molecule has 2 aliphatic heterocycles. The van der Waals surface area contributed by atoms with E-state index < -0.39 is 24.3 Å². The molecule has 2 aromatic carbocycles. The van der Waals surface area contributed by atoms with Gasteiger partial charge in [0.25, 0.3) is 0 Å². The summed E-state index contributed by atoms with van der Waals surface area (Å²) in [6.45, 7) is 1.13. The molecule has 0 spiro atoms. The third-order valence-electron chi connectivity index (χ3n) is 9.85. The van der Waals surface area contributed by atoms with Crippen molar-refractivity contribution in [3.63, 3.8) is 0 Å². The molecule has 4 aromatic rings. The van der Waals surface area contributed by atoms with E-state index in [-0.39, 0.29) is 37.1 Å². The van der Waals surface area contributed by atoms with Crippen LogP contribution in [0.25, 0.3) is 22.5 Å². The third kappa shape index (κ3) is 9.19. The molecule has 2 fully saturated rings. The minimum absolute atomic E-state index is 0.0240. The number of nitrogens with one attached hydrogen (secondary N) is 4. The van der Waals surface area contributed by atoms with Gasteiger partial charge in [0.1, 0.15) is 23.7 Å². The molecule has 16 heteroatoms. The second kappa shape index (κ2) is 18.4. The van der Waals surface area contributed by atoms with E-state index in [0.29, 0.717) is 24.7 Å². The Morgan fingerprint density at radius 1 is 0.679 bits per heavy atom. The number of methoxy groups -OCH3 is 4. The molecule has 0 radical (unpaired) electrons. The zero-order chi connectivity index (χ0) is 39.6. The summed E-state index contributed by atoms with van der Waals surface area (Å²) < 4.78 is 19.7. The zero-order valence-corrected chi connectivity index (χ0v) is 31.8. The number of nitrogens with zero attached hydrogens (tertiary/aromatic N) is 4. The summed E-state index contributed by atoms with van der Waals surface area (Å²) in [5, 5.41) is 5.12. The Hall–Kier alpha value is -6.18. The van der Waals surface area contributed by atoms with Crippen LogP contribution in [-0.4, -0.2) is 121 Å². The number of carbonyl (C=O) groups excluding carboxylic acids is 4. The average molecular weight is 767 g/mol. The summed E-state index contributed by atoms with van der Waals surface area (Å²) in [5.41, 5.74) is 5.17. The number of alkyl carbamates (subject to hydrolysis) is 2. The lowest BCUT2D eigenvalue weighted by Gasteiger charge is -2.27. The fourth-order valence-electron chi connectivity index (χ4n) is 7.03. The molecule has 56 heavy (non-hydrogen) atoms. The molecule has 4 heterocycles. The highest BCUT2D eigenvalue weighted by Gasteiger charge is 2.38. The fraction of sp³-hybridized carbons (Fsp3) is 0.400. The van der Waals surface area contributed by atoms with Crippen LogP contribution in [-0.2, 0) is 28.5 Å². The van der Waals surface area contributed by atoms with E-state index in [9.17, 15) is 19.2 Å². The second-order valence-electron chi connectivity index (χ2n) is 13.4. The average Bonchev–Trinajstić information content (AvgIpc) is 4.06. The van der Waals surface area contributed by atoms with Crippen LogP contribution < -0.4 is 10.6 Å². The smallest absolute Gasteiger partial charge is 0.407 e. The van der Waals surface area contributed by atoms with Crippen LogP contribution >= 0.6 is 0 Å². The van der Waals surface area contributed by atoms with E-state index in [2.05, 4.69) is 51.9 Å². The summed E-state index contributed by atoms with van der Waals surface area (Å²) in [6, 6.07) is 13.4. The van der Waals surface area contributed by atoms with Crippen molar-refractivity contribution in [2.45, 2.75) is 49.9 Å². The topological polar surface area (TPSA) is 193 Å². The molecule has 16 nitrogen and oxygen atoms in total. The minimum Gasteiger partial charge on any atom is -0.453 e. The molecule has 294 valence electrons. The van der Waals surface area contributed by atoms with Gasteiger partial charge in [-0.3, -0.25) is 9.59 Å². The number of imidazole rings is 2. The molecule has 4 N–H and O–H groups in total. The molecule has 2 aliphatic rings. The summed E-state index contributed by atoms with van der Waals surface area (Å²) in [6.07, 6.45) is 5.22. The molecule has 4 amide bonds. The molecule has 2 aromatic heterocycles. The number of amides is 4. The van der Waals surface area contributed by atoms with E-state index in [4.69, 9.17) is 9.47 Å². The molecule has 0 unspecified atom stereocenters. The van der Waals surface area contributed by atoms with Crippen molar-refractivity contribution in [1.29, 1.82) is 0 Å². The van der Waals surface area contributed by atoms with Crippen molar-refractivity contribution in [2.24, 2.45) is 0 Å². The van der Waals surface area contributed by atoms with Crippen LogP contribution in [0.3, 0.4) is 0 Å². The van der Waals surface area contributed by atoms with Crippen molar-refractivity contribution in [2.75, 3.05) is 54.7 Å². The minimum atomic E-state index is -0.868. The van der Waals surface area contributed by atoms with Crippen molar-refractivity contribution in [1.82, 2.24) is 40.4 Å². The van der Waals surface area contributed by atoms with E-state index in [1.165, 1.54) is 28.4 Å². The number of H-pyrrole nitrogens is 2. The van der Waals surface area contributed by atoms with Gasteiger partial charge >= 0.3 is 12.2 Å². The molecular formula is C40H46N8O8. The Bertz CT molecular complexity index is 1910. The highest BCUT2D eigenvalue weighted by Crippen LogP contribution is 2.33. The van der Waals surface area contributed by atoms with Crippen LogP contribution in [0.2, 0.25) is 0 Å². The first-order chi connectivity index (χ1) is 27.2. The predicted octanol–water partition coefficient (Wildman–Crippen LogP) is 3.94. The first-order valence-electron chi connectivity index (χ1n) is 18.3. The van der Waals surface area contributed by atoms with Gasteiger partial charge in [-0.05, 0) is 61.1 Å². The van der Waals surface area contributed by atoms with E-state index in [0.717, 1.165) is 59.3 Å². The lowest BCUT2D eigenvalue weighted by atomic mass is 10.1. The number of carbonyl (C=O) groups is 4. The maximum absolute atomic E-state index is 13.4. The van der Waals surface area contributed by atoms with Gasteiger partial charge in [0.15, 0.2) is 0 Å². The number of ether oxygens (including phenoxy) is 4. The lowest BCUT2D eigenvalue weighted by Crippen LogP contribution is -2.50. The van der Waals surface area contributed by atoms with Crippen molar-refractivity contribution >= 4 is 24.0 Å². The van der Waals surface area contributed by atoms with Crippen LogP contribution in [0.5, 0.6) is 0 Å². The summed E-state index contributed by atoms with van der Waals surface area (Å²) >= 11 is 0. The molecule has 6 rings (SSSR count). The Labute approximate surface area is 324 Å². The second-order valence-corrected chi connectivity index (χ2v) is 13.4. The largest absolute Gasteiger partial charge is 0.453 e. The number of likely N-dealkylation sites (tertiary alicyclic amines) is 2. The van der Waals surface area contributed by atoms with Crippen molar-refractivity contribution in [3.8, 4) is 34.4 Å². The monoisotopic (exact) mass is 766 g/mol. The van der Waals surface area contributed by atoms with Crippen molar-refractivity contribution in [3.05, 3.63) is 83.7 Å². The molecular weight excluding hydrogens is 720 g/mol. The van der Waals surface area contributed by atoms with E-state index in [1.807, 2.05) is 48.5 Å². The van der Waals surface area contributed by atoms with E-state index in [1.54, 1.807) is 22.2 Å². The number of hydrogen-bond donors (Lipinski definition) is 4. The summed E-state index contributed by atoms with van der Waals surface area (Å²) in [5.74, 6) is 7.30. The van der Waals surface area contributed by atoms with Crippen LogP contribution in [0.1, 0.15) is 60.5 Å². The quantitative estimate of drug-likeness (QED) is 0.154. The standard InChI is InChI=1S/C40H46N8O8/c1-53-23-31(45-39(51)55-3)37(49)47-19-5-7-33(47)35-41-21-29(43-35)27-15-11-25(12-16-27)9-10-26-13-17-28(18-14-26)30-22-42-36(44-30)34-8-6-20-48(34)38(50)32(24-54-2)46-40(52)56-4/h11-18,21-22,31-34H,5-8,19-20,23-24H2,1-4H3,(H,41,43)(H,42,44)(H,45,51)(H,46,52)/t31-,32-,33-,34-/m0/s1. The number of aromatic amines is 2. The lowest BCUT2D eigenvalue weighted by molar-refractivity contribution is -0.136. The third-order valence-corrected chi connectivity index (χ3v) is 9.85. The summed E-state index contributed by atoms with van der Waals surface area (Å²) in [4.78, 5) is 69.8. The molecule has 0 aliphatic carbocycles. The maximum Gasteiger partial charge on any atom is 0.407 e. The SMILES string of the molecule is COC[C@H](NC(=O)OC)C(=O)N1CCC[C@H]1c1ncc(-c2ccc(C#Cc3ccc(-c4cnc([C@@H]5CCCN5C(=O)[C@H](COC)NC(=O)OC)[nH]4)cc3)cc2)[nH]1. The zero-order valence-electron chi connectivity index (χ0n) is 31.8. The number of rotatable bonds is 12. The number of hydrogen-bond acceptors (Lipinski definition) is 10. The van der Waals surface area contributed by atoms with Gasteiger partial charge in [0.2, 0.25) is 11.8 Å². The fourth-order valence-corrected chi connectivity index (χ4v) is 7.03. The van der Waals surface area contributed by atoms with Gasteiger partial charge < -0.3 is 49.3 Å². The Balaban J connectivity index is 1.07. The van der Waals surface area contributed by atoms with Gasteiger partial charge in [-0.1, -0.05) is 36.1 Å². The molecule has 4 atom stereocenters. The van der Waals surface area contributed by atoms with Gasteiger partial charge in [-0.25, -0.2) is 19.6 Å². The van der Waals surface area contributed by atoms with Gasteiger partial charge in [0.05, 0.1) is 63.3 Å². The van der Waals surface area contributed by atoms with Crippen LogP contribution in [0, 0.1) is 11.8 Å². The highest BCUT2D eigenvalue weighted by molar-refractivity contribution is 5.87. The highest BCUT2D eigenvalue weighted by atomic mass is 16.5.